The van der Waals surface area contributed by atoms with E-state index < -0.39 is 5.54 Å². The molecule has 1 saturated heterocycles. The molecule has 0 radical (unpaired) electrons. The van der Waals surface area contributed by atoms with E-state index in [1.807, 2.05) is 32.9 Å². The van der Waals surface area contributed by atoms with E-state index in [1.54, 1.807) is 6.20 Å². The molecule has 1 N–H and O–H groups in total. The third kappa shape index (κ3) is 3.59. The zero-order valence-electron chi connectivity index (χ0n) is 12.9. The smallest absolute Gasteiger partial charge is 0.229 e. The van der Waals surface area contributed by atoms with Gasteiger partial charge in [0.25, 0.3) is 0 Å². The molecule has 0 bridgehead atoms. The van der Waals surface area contributed by atoms with Crippen LogP contribution in [-0.4, -0.2) is 34.4 Å². The number of likely N-dealkylation sites (tertiary alicyclic amines) is 1. The molecule has 5 nitrogen and oxygen atoms in total. The molecule has 1 atom stereocenters. The fourth-order valence-electron chi connectivity index (χ4n) is 2.60. The topological polar surface area (TPSA) is 69.0 Å². The van der Waals surface area contributed by atoms with Gasteiger partial charge in [-0.2, -0.15) is 5.26 Å². The van der Waals surface area contributed by atoms with Crippen molar-refractivity contribution in [2.24, 2.45) is 5.92 Å². The van der Waals surface area contributed by atoms with Gasteiger partial charge in [-0.25, -0.2) is 4.98 Å². The maximum absolute atomic E-state index is 12.4. The van der Waals surface area contributed by atoms with Gasteiger partial charge in [0.05, 0.1) is 12.0 Å². The zero-order valence-corrected chi connectivity index (χ0v) is 12.9. The van der Waals surface area contributed by atoms with Gasteiger partial charge in [0, 0.05) is 12.7 Å². The van der Waals surface area contributed by atoms with Crippen LogP contribution in [0.3, 0.4) is 0 Å². The molecule has 2 heterocycles. The Balaban J connectivity index is 2.03. The summed E-state index contributed by atoms with van der Waals surface area (Å²) in [6.07, 6.45) is 3.47. The number of piperidine rings is 1. The van der Waals surface area contributed by atoms with E-state index in [0.717, 1.165) is 24.9 Å². The monoisotopic (exact) mass is 286 g/mol. The van der Waals surface area contributed by atoms with Gasteiger partial charge in [0.15, 0.2) is 0 Å². The van der Waals surface area contributed by atoms with Gasteiger partial charge in [-0.1, -0.05) is 6.07 Å². The molecule has 2 rings (SSSR count). The summed E-state index contributed by atoms with van der Waals surface area (Å²) in [5, 5.41) is 12.2. The van der Waals surface area contributed by atoms with Gasteiger partial charge in [0.2, 0.25) is 5.91 Å². The predicted octanol–water partition coefficient (Wildman–Crippen LogP) is 2.34. The molecule has 5 heteroatoms. The third-order valence-electron chi connectivity index (χ3n) is 4.11. The summed E-state index contributed by atoms with van der Waals surface area (Å²) in [4.78, 5) is 18.7. The maximum atomic E-state index is 12.4. The number of aryl methyl sites for hydroxylation is 1. The predicted molar refractivity (Wildman–Crippen MR) is 81.6 cm³/mol. The SMILES string of the molecule is Cc1cccnc1NC(=O)C1CCCN(C(C)(C)C#N)C1. The first-order valence-electron chi connectivity index (χ1n) is 7.33. The summed E-state index contributed by atoms with van der Waals surface area (Å²) < 4.78 is 0. The van der Waals surface area contributed by atoms with E-state index in [4.69, 9.17) is 0 Å². The summed E-state index contributed by atoms with van der Waals surface area (Å²) in [7, 11) is 0. The maximum Gasteiger partial charge on any atom is 0.229 e. The fourth-order valence-corrected chi connectivity index (χ4v) is 2.60. The van der Waals surface area contributed by atoms with Crippen molar-refractivity contribution in [3.8, 4) is 6.07 Å². The molecular formula is C16H22N4O. The number of amides is 1. The summed E-state index contributed by atoms with van der Waals surface area (Å²) in [6, 6.07) is 6.09. The van der Waals surface area contributed by atoms with E-state index in [0.29, 0.717) is 12.4 Å². The van der Waals surface area contributed by atoms with Gasteiger partial charge in [0.1, 0.15) is 11.4 Å². The molecule has 0 saturated carbocycles. The van der Waals surface area contributed by atoms with Crippen molar-refractivity contribution >= 4 is 11.7 Å². The van der Waals surface area contributed by atoms with E-state index in [1.165, 1.54) is 0 Å². The Bertz CT molecular complexity index is 562. The Kier molecular flexibility index (Phi) is 4.59. The number of hydrogen-bond donors (Lipinski definition) is 1. The highest BCUT2D eigenvalue weighted by Gasteiger charge is 2.34. The number of anilines is 1. The number of nitriles is 1. The van der Waals surface area contributed by atoms with Crippen molar-refractivity contribution in [3.63, 3.8) is 0 Å². The van der Waals surface area contributed by atoms with Gasteiger partial charge >= 0.3 is 0 Å². The number of carbonyl (C=O) groups excluding carboxylic acids is 1. The molecule has 1 aromatic heterocycles. The Morgan fingerprint density at radius 3 is 3.00 bits per heavy atom. The number of nitrogens with one attached hydrogen (secondary N) is 1. The Morgan fingerprint density at radius 2 is 2.33 bits per heavy atom. The molecule has 0 aliphatic carbocycles. The second-order valence-electron chi connectivity index (χ2n) is 6.11. The van der Waals surface area contributed by atoms with Gasteiger partial charge < -0.3 is 5.32 Å². The van der Waals surface area contributed by atoms with E-state index >= 15 is 0 Å². The fraction of sp³-hybridized carbons (Fsp3) is 0.562. The van der Waals surface area contributed by atoms with Crippen LogP contribution in [0.4, 0.5) is 5.82 Å². The van der Waals surface area contributed by atoms with Crippen molar-refractivity contribution in [3.05, 3.63) is 23.9 Å². The number of aromatic nitrogens is 1. The van der Waals surface area contributed by atoms with Crippen LogP contribution in [0.15, 0.2) is 18.3 Å². The average molecular weight is 286 g/mol. The minimum absolute atomic E-state index is 0.00441. The highest BCUT2D eigenvalue weighted by molar-refractivity contribution is 5.92. The average Bonchev–Trinajstić information content (AvgIpc) is 2.49. The number of carbonyl (C=O) groups is 1. The Morgan fingerprint density at radius 1 is 1.57 bits per heavy atom. The van der Waals surface area contributed by atoms with Crippen LogP contribution >= 0.6 is 0 Å². The van der Waals surface area contributed by atoms with Crippen LogP contribution in [0, 0.1) is 24.2 Å². The van der Waals surface area contributed by atoms with Gasteiger partial charge in [-0.05, 0) is 51.8 Å². The second kappa shape index (κ2) is 6.23. The van der Waals surface area contributed by atoms with Gasteiger partial charge in [-0.15, -0.1) is 0 Å². The largest absolute Gasteiger partial charge is 0.310 e. The molecule has 1 unspecified atom stereocenters. The van der Waals surface area contributed by atoms with Crippen LogP contribution in [-0.2, 0) is 4.79 Å². The Hall–Kier alpha value is -1.93. The normalized spacial score (nSPS) is 19.8. The van der Waals surface area contributed by atoms with Crippen LogP contribution in [0.2, 0.25) is 0 Å². The van der Waals surface area contributed by atoms with Crippen molar-refractivity contribution < 1.29 is 4.79 Å². The molecule has 112 valence electrons. The van der Waals surface area contributed by atoms with Crippen LogP contribution in [0.1, 0.15) is 32.3 Å². The second-order valence-corrected chi connectivity index (χ2v) is 6.11. The van der Waals surface area contributed by atoms with Crippen LogP contribution in [0.5, 0.6) is 0 Å². The standard InChI is InChI=1S/C16H22N4O/c1-12-6-4-8-18-14(12)19-15(21)13-7-5-9-20(10-13)16(2,3)11-17/h4,6,8,13H,5,7,9-10H2,1-3H3,(H,18,19,21). The molecule has 1 aromatic rings. The number of pyridine rings is 1. The summed E-state index contributed by atoms with van der Waals surface area (Å²) in [6.45, 7) is 7.21. The van der Waals surface area contributed by atoms with E-state index in [9.17, 15) is 10.1 Å². The first-order valence-corrected chi connectivity index (χ1v) is 7.33. The lowest BCUT2D eigenvalue weighted by molar-refractivity contribution is -0.122. The Labute approximate surface area is 126 Å². The van der Waals surface area contributed by atoms with E-state index in [2.05, 4.69) is 21.3 Å². The number of hydrogen-bond acceptors (Lipinski definition) is 4. The molecule has 1 aliphatic heterocycles. The minimum atomic E-state index is -0.528. The van der Waals surface area contributed by atoms with Gasteiger partial charge in [-0.3, -0.25) is 9.69 Å². The summed E-state index contributed by atoms with van der Waals surface area (Å²) in [5.74, 6) is 0.530. The lowest BCUT2D eigenvalue weighted by Gasteiger charge is -2.39. The molecule has 1 amide bonds. The highest BCUT2D eigenvalue weighted by atomic mass is 16.2. The highest BCUT2D eigenvalue weighted by Crippen LogP contribution is 2.24. The van der Waals surface area contributed by atoms with E-state index in [-0.39, 0.29) is 11.8 Å². The van der Waals surface area contributed by atoms with Crippen LogP contribution < -0.4 is 5.32 Å². The lowest BCUT2D eigenvalue weighted by Crippen LogP contribution is -2.50. The third-order valence-corrected chi connectivity index (χ3v) is 4.11. The molecular weight excluding hydrogens is 264 g/mol. The molecule has 0 spiro atoms. The van der Waals surface area contributed by atoms with Crippen molar-refractivity contribution in [1.29, 1.82) is 5.26 Å². The van der Waals surface area contributed by atoms with Crippen molar-refractivity contribution in [1.82, 2.24) is 9.88 Å². The minimum Gasteiger partial charge on any atom is -0.310 e. The summed E-state index contributed by atoms with van der Waals surface area (Å²) in [5.41, 5.74) is 0.427. The zero-order chi connectivity index (χ0) is 15.5. The molecule has 0 aromatic carbocycles. The lowest BCUT2D eigenvalue weighted by atomic mass is 9.92. The van der Waals surface area contributed by atoms with Crippen molar-refractivity contribution in [2.45, 2.75) is 39.2 Å². The first kappa shape index (κ1) is 15.5. The van der Waals surface area contributed by atoms with Crippen LogP contribution in [0.25, 0.3) is 0 Å². The summed E-state index contributed by atoms with van der Waals surface area (Å²) >= 11 is 0. The first-order chi connectivity index (χ1) is 9.94. The molecule has 21 heavy (non-hydrogen) atoms. The quantitative estimate of drug-likeness (QED) is 0.926. The van der Waals surface area contributed by atoms with Crippen molar-refractivity contribution in [2.75, 3.05) is 18.4 Å². The molecule has 1 fully saturated rings. The number of rotatable bonds is 3. The molecule has 1 aliphatic rings. The number of nitrogens with zero attached hydrogens (tertiary/aromatic N) is 3.